The lowest BCUT2D eigenvalue weighted by Gasteiger charge is -2.01. The number of alkyl halides is 3. The smallest absolute Gasteiger partial charge is 0.171 e. The summed E-state index contributed by atoms with van der Waals surface area (Å²) in [5, 5.41) is 0. The molecule has 0 atom stereocenters. The molecule has 0 spiro atoms. The van der Waals surface area contributed by atoms with Crippen LogP contribution in [-0.2, 0) is 0 Å². The third-order valence-electron chi connectivity index (χ3n) is 0.876. The SMILES string of the molecule is FC(F)(F)CCC=C[SiH](Cl)Cl. The fourth-order valence-electron chi connectivity index (χ4n) is 0.446. The maximum atomic E-state index is 11.5. The van der Waals surface area contributed by atoms with Crippen LogP contribution in [0.2, 0.25) is 0 Å². The Morgan fingerprint density at radius 2 is 1.82 bits per heavy atom. The van der Waals surface area contributed by atoms with Crippen LogP contribution in [0, 0.1) is 0 Å². The molecule has 0 bridgehead atoms. The monoisotopic (exact) mass is 222 g/mol. The Kier molecular flexibility index (Phi) is 5.21. The van der Waals surface area contributed by atoms with Gasteiger partial charge in [-0.15, -0.1) is 22.2 Å². The number of allylic oxidation sites excluding steroid dienone is 1. The fourth-order valence-corrected chi connectivity index (χ4v) is 1.46. The van der Waals surface area contributed by atoms with Crippen LogP contribution in [0.25, 0.3) is 0 Å². The molecule has 6 heteroatoms. The summed E-state index contributed by atoms with van der Waals surface area (Å²) in [6.07, 6.45) is -3.55. The highest BCUT2D eigenvalue weighted by Crippen LogP contribution is 2.21. The molecule has 0 heterocycles. The van der Waals surface area contributed by atoms with Gasteiger partial charge in [-0.3, -0.25) is 0 Å². The van der Waals surface area contributed by atoms with Crippen molar-refractivity contribution in [1.82, 2.24) is 0 Å². The van der Waals surface area contributed by atoms with E-state index in [9.17, 15) is 13.2 Å². The van der Waals surface area contributed by atoms with E-state index < -0.39 is 20.0 Å². The maximum absolute atomic E-state index is 11.5. The van der Waals surface area contributed by atoms with Crippen molar-refractivity contribution in [2.45, 2.75) is 19.0 Å². The summed E-state index contributed by atoms with van der Waals surface area (Å²) in [4.78, 5) is 0. The van der Waals surface area contributed by atoms with Crippen LogP contribution >= 0.6 is 22.2 Å². The summed E-state index contributed by atoms with van der Waals surface area (Å²) in [5.74, 6) is 0. The van der Waals surface area contributed by atoms with Gasteiger partial charge in [0, 0.05) is 6.42 Å². The molecule has 0 rings (SSSR count). The molecule has 0 aromatic rings. The normalized spacial score (nSPS) is 13.3. The summed E-state index contributed by atoms with van der Waals surface area (Å²) in [5.41, 5.74) is 1.45. The minimum absolute atomic E-state index is 0.0353. The number of hydrogen-bond donors (Lipinski definition) is 0. The second-order valence-corrected chi connectivity index (χ2v) is 6.46. The zero-order chi connectivity index (χ0) is 8.91. The highest BCUT2D eigenvalue weighted by atomic mass is 35.7. The number of halogens is 5. The first-order valence-electron chi connectivity index (χ1n) is 2.93. The zero-order valence-electron chi connectivity index (χ0n) is 5.54. The van der Waals surface area contributed by atoms with Gasteiger partial charge in [0.25, 0.3) is 7.42 Å². The number of hydrogen-bond acceptors (Lipinski definition) is 0. The Balaban J connectivity index is 3.42. The van der Waals surface area contributed by atoms with Crippen LogP contribution in [0.3, 0.4) is 0 Å². The Bertz CT molecular complexity index is 132. The minimum Gasteiger partial charge on any atom is -0.171 e. The van der Waals surface area contributed by atoms with Crippen molar-refractivity contribution >= 4 is 29.6 Å². The average Bonchev–Trinajstić information content (AvgIpc) is 1.78. The van der Waals surface area contributed by atoms with Gasteiger partial charge < -0.3 is 0 Å². The van der Waals surface area contributed by atoms with Crippen LogP contribution in [0.1, 0.15) is 12.8 Å². The quantitative estimate of drug-likeness (QED) is 0.509. The molecule has 0 aliphatic heterocycles. The average molecular weight is 223 g/mol. The van der Waals surface area contributed by atoms with E-state index in [-0.39, 0.29) is 6.42 Å². The van der Waals surface area contributed by atoms with Gasteiger partial charge in [0.05, 0.1) is 0 Å². The molecule has 0 unspecified atom stereocenters. The Morgan fingerprint density at radius 1 is 1.27 bits per heavy atom. The van der Waals surface area contributed by atoms with Gasteiger partial charge in [-0.1, -0.05) is 11.8 Å². The minimum atomic E-state index is -4.08. The van der Waals surface area contributed by atoms with Gasteiger partial charge in [-0.2, -0.15) is 13.2 Å². The highest BCUT2D eigenvalue weighted by molar-refractivity contribution is 7.36. The predicted octanol–water partition coefficient (Wildman–Crippen LogP) is 3.12. The molecule has 0 aromatic carbocycles. The highest BCUT2D eigenvalue weighted by Gasteiger charge is 2.25. The van der Waals surface area contributed by atoms with Crippen molar-refractivity contribution in [3.05, 3.63) is 11.8 Å². The van der Waals surface area contributed by atoms with Crippen LogP contribution in [0.4, 0.5) is 13.2 Å². The Morgan fingerprint density at radius 3 is 2.18 bits per heavy atom. The molecular formula is C5H7Cl2F3Si. The topological polar surface area (TPSA) is 0 Å². The molecule has 11 heavy (non-hydrogen) atoms. The van der Waals surface area contributed by atoms with Crippen LogP contribution in [-0.4, -0.2) is 13.6 Å². The standard InChI is InChI=1S/C5H7Cl2F3Si/c6-11(7)4-2-1-3-5(8,9)10/h2,4,11H,1,3H2. The maximum Gasteiger partial charge on any atom is 0.389 e. The zero-order valence-corrected chi connectivity index (χ0v) is 8.20. The van der Waals surface area contributed by atoms with Gasteiger partial charge in [-0.05, 0) is 6.42 Å². The molecule has 0 nitrogen and oxygen atoms in total. The molecule has 0 aromatic heterocycles. The van der Waals surface area contributed by atoms with Gasteiger partial charge in [-0.25, -0.2) is 0 Å². The second kappa shape index (κ2) is 5.06. The van der Waals surface area contributed by atoms with Crippen molar-refractivity contribution in [2.24, 2.45) is 0 Å². The lowest BCUT2D eigenvalue weighted by molar-refractivity contribution is -0.133. The van der Waals surface area contributed by atoms with Crippen LogP contribution < -0.4 is 0 Å². The third-order valence-corrected chi connectivity index (χ3v) is 2.31. The molecule has 66 valence electrons. The third kappa shape index (κ3) is 10.3. The molecule has 0 amide bonds. The van der Waals surface area contributed by atoms with E-state index >= 15 is 0 Å². The van der Waals surface area contributed by atoms with E-state index in [2.05, 4.69) is 0 Å². The number of rotatable bonds is 3. The van der Waals surface area contributed by atoms with Gasteiger partial charge in [0.15, 0.2) is 0 Å². The van der Waals surface area contributed by atoms with Gasteiger partial charge in [0.2, 0.25) is 0 Å². The molecule has 0 saturated carbocycles. The molecular weight excluding hydrogens is 216 g/mol. The lowest BCUT2D eigenvalue weighted by Crippen LogP contribution is -2.05. The summed E-state index contributed by atoms with van der Waals surface area (Å²) >= 11 is 10.7. The van der Waals surface area contributed by atoms with Crippen molar-refractivity contribution in [1.29, 1.82) is 0 Å². The van der Waals surface area contributed by atoms with Gasteiger partial charge in [0.1, 0.15) is 0 Å². The van der Waals surface area contributed by atoms with E-state index in [1.54, 1.807) is 0 Å². The van der Waals surface area contributed by atoms with Crippen molar-refractivity contribution in [2.75, 3.05) is 0 Å². The second-order valence-electron chi connectivity index (χ2n) is 1.92. The van der Waals surface area contributed by atoms with E-state index in [0.29, 0.717) is 0 Å². The van der Waals surface area contributed by atoms with E-state index in [0.717, 1.165) is 0 Å². The summed E-state index contributed by atoms with van der Waals surface area (Å²) in [6, 6.07) is 0. The van der Waals surface area contributed by atoms with Crippen molar-refractivity contribution in [3.63, 3.8) is 0 Å². The molecule has 0 saturated heterocycles. The Labute approximate surface area is 74.0 Å². The van der Waals surface area contributed by atoms with Crippen molar-refractivity contribution in [3.8, 4) is 0 Å². The molecule has 0 N–H and O–H groups in total. The van der Waals surface area contributed by atoms with E-state index in [1.165, 1.54) is 11.8 Å². The first kappa shape index (κ1) is 11.3. The predicted molar refractivity (Wildman–Crippen MR) is 43.3 cm³/mol. The summed E-state index contributed by atoms with van der Waals surface area (Å²) < 4.78 is 34.5. The first-order chi connectivity index (χ1) is 4.92. The van der Waals surface area contributed by atoms with E-state index in [1.807, 2.05) is 0 Å². The fraction of sp³-hybridized carbons (Fsp3) is 0.600. The Hall–Kier alpha value is 0.327. The summed E-state index contributed by atoms with van der Waals surface area (Å²) in [6.45, 7) is 0. The van der Waals surface area contributed by atoms with Gasteiger partial charge >= 0.3 is 6.18 Å². The van der Waals surface area contributed by atoms with E-state index in [4.69, 9.17) is 22.2 Å². The molecule has 0 radical (unpaired) electrons. The molecule has 0 aliphatic carbocycles. The molecule has 0 fully saturated rings. The molecule has 0 aliphatic rings. The lowest BCUT2D eigenvalue weighted by atomic mass is 10.3. The summed E-state index contributed by atoms with van der Waals surface area (Å²) in [7, 11) is -1.86. The van der Waals surface area contributed by atoms with Crippen LogP contribution in [0.5, 0.6) is 0 Å². The van der Waals surface area contributed by atoms with Crippen molar-refractivity contribution < 1.29 is 13.2 Å². The first-order valence-corrected chi connectivity index (χ1v) is 7.09. The largest absolute Gasteiger partial charge is 0.389 e. The van der Waals surface area contributed by atoms with Crippen LogP contribution in [0.15, 0.2) is 11.8 Å².